The van der Waals surface area contributed by atoms with Crippen molar-refractivity contribution < 1.29 is 9.53 Å². The number of benzene rings is 1. The van der Waals surface area contributed by atoms with Gasteiger partial charge in [-0.2, -0.15) is 5.26 Å². The van der Waals surface area contributed by atoms with E-state index >= 15 is 0 Å². The largest absolute Gasteiger partial charge is 0.494 e. The molecule has 4 nitrogen and oxygen atoms in total. The number of hydrogen-bond donors (Lipinski definition) is 1. The summed E-state index contributed by atoms with van der Waals surface area (Å²) >= 11 is 0. The number of allylic oxidation sites excluding steroid dienone is 3. The van der Waals surface area contributed by atoms with Gasteiger partial charge in [-0.15, -0.1) is 0 Å². The van der Waals surface area contributed by atoms with Gasteiger partial charge in [0.1, 0.15) is 17.4 Å². The molecule has 1 N–H and O–H groups in total. The molecular formula is C18H20N2O2. The summed E-state index contributed by atoms with van der Waals surface area (Å²) in [5.41, 5.74) is 0.826. The first kappa shape index (κ1) is 15.8. The number of ether oxygens (including phenoxy) is 1. The van der Waals surface area contributed by atoms with Gasteiger partial charge in [-0.3, -0.25) is 4.79 Å². The number of anilines is 1. The predicted molar refractivity (Wildman–Crippen MR) is 86.4 cm³/mol. The van der Waals surface area contributed by atoms with Crippen molar-refractivity contribution in [3.63, 3.8) is 0 Å². The molecule has 1 aliphatic rings. The van der Waals surface area contributed by atoms with Crippen LogP contribution >= 0.6 is 0 Å². The highest BCUT2D eigenvalue weighted by molar-refractivity contribution is 6.06. The molecule has 0 fully saturated rings. The van der Waals surface area contributed by atoms with Crippen LogP contribution in [0.4, 0.5) is 5.69 Å². The fourth-order valence-corrected chi connectivity index (χ4v) is 2.37. The van der Waals surface area contributed by atoms with E-state index in [0.29, 0.717) is 12.3 Å². The minimum atomic E-state index is -0.360. The average Bonchev–Trinajstić information content (AvgIpc) is 2.55. The van der Waals surface area contributed by atoms with E-state index in [9.17, 15) is 10.1 Å². The molecule has 4 heteroatoms. The molecule has 0 radical (unpaired) electrons. The molecule has 0 bridgehead atoms. The SMILES string of the molecule is CCOc1ccc(NC(=O)/C(C#N)=C\[C@H]2CC=CCC2)cc1. The van der Waals surface area contributed by atoms with Crippen molar-refractivity contribution in [2.45, 2.75) is 26.2 Å². The zero-order valence-corrected chi connectivity index (χ0v) is 12.7. The Morgan fingerprint density at radius 3 is 2.77 bits per heavy atom. The van der Waals surface area contributed by atoms with Crippen LogP contribution < -0.4 is 10.1 Å². The van der Waals surface area contributed by atoms with Crippen LogP contribution in [-0.4, -0.2) is 12.5 Å². The molecule has 1 aromatic rings. The van der Waals surface area contributed by atoms with Gasteiger partial charge in [-0.05, 0) is 56.4 Å². The maximum Gasteiger partial charge on any atom is 0.265 e. The summed E-state index contributed by atoms with van der Waals surface area (Å²) in [4.78, 5) is 12.2. The second kappa shape index (κ2) is 8.04. The normalized spacial score (nSPS) is 17.6. The highest BCUT2D eigenvalue weighted by Crippen LogP contribution is 2.21. The number of hydrogen-bond acceptors (Lipinski definition) is 3. The van der Waals surface area contributed by atoms with Crippen LogP contribution in [0, 0.1) is 17.2 Å². The van der Waals surface area contributed by atoms with Crippen LogP contribution in [0.5, 0.6) is 5.75 Å². The minimum Gasteiger partial charge on any atom is -0.494 e. The standard InChI is InChI=1S/C18H20N2O2/c1-2-22-17-10-8-16(9-11-17)20-18(21)15(13-19)12-14-6-4-3-5-7-14/h3-4,8-12,14H,2,5-7H2,1H3,(H,20,21)/b15-12-/t14-/m0/s1. The Balaban J connectivity index is 2.01. The minimum absolute atomic E-state index is 0.175. The first-order valence-electron chi connectivity index (χ1n) is 7.54. The van der Waals surface area contributed by atoms with E-state index in [1.54, 1.807) is 30.3 Å². The maximum absolute atomic E-state index is 12.2. The van der Waals surface area contributed by atoms with E-state index in [-0.39, 0.29) is 17.4 Å². The van der Waals surface area contributed by atoms with Crippen LogP contribution in [0.1, 0.15) is 26.2 Å². The van der Waals surface area contributed by atoms with Crippen LogP contribution in [0.15, 0.2) is 48.1 Å². The topological polar surface area (TPSA) is 62.1 Å². The van der Waals surface area contributed by atoms with Crippen LogP contribution in [0.25, 0.3) is 0 Å². The molecule has 0 unspecified atom stereocenters. The summed E-state index contributed by atoms with van der Waals surface area (Å²) in [6.07, 6.45) is 8.90. The smallest absolute Gasteiger partial charge is 0.265 e. The highest BCUT2D eigenvalue weighted by Gasteiger charge is 2.14. The molecule has 0 spiro atoms. The second-order valence-electron chi connectivity index (χ2n) is 5.15. The second-order valence-corrected chi connectivity index (χ2v) is 5.15. The van der Waals surface area contributed by atoms with Gasteiger partial charge in [-0.25, -0.2) is 0 Å². The Hall–Kier alpha value is -2.54. The third kappa shape index (κ3) is 4.49. The molecule has 1 aliphatic carbocycles. The van der Waals surface area contributed by atoms with Crippen molar-refractivity contribution in [2.24, 2.45) is 5.92 Å². The highest BCUT2D eigenvalue weighted by atomic mass is 16.5. The zero-order valence-electron chi connectivity index (χ0n) is 12.7. The third-order valence-corrected chi connectivity index (χ3v) is 3.50. The lowest BCUT2D eigenvalue weighted by atomic mass is 9.92. The molecule has 114 valence electrons. The molecule has 22 heavy (non-hydrogen) atoms. The van der Waals surface area contributed by atoms with E-state index in [2.05, 4.69) is 17.5 Å². The number of nitrogens with zero attached hydrogens (tertiary/aromatic N) is 1. The Kier molecular flexibility index (Phi) is 5.79. The quantitative estimate of drug-likeness (QED) is 0.510. The van der Waals surface area contributed by atoms with Crippen molar-refractivity contribution in [3.05, 3.63) is 48.1 Å². The monoisotopic (exact) mass is 296 g/mol. The van der Waals surface area contributed by atoms with Crippen molar-refractivity contribution in [1.29, 1.82) is 5.26 Å². The van der Waals surface area contributed by atoms with E-state index < -0.39 is 0 Å². The van der Waals surface area contributed by atoms with Crippen molar-refractivity contribution in [1.82, 2.24) is 0 Å². The van der Waals surface area contributed by atoms with Gasteiger partial charge in [0.15, 0.2) is 0 Å². The molecule has 1 atom stereocenters. The first-order valence-corrected chi connectivity index (χ1v) is 7.54. The zero-order chi connectivity index (χ0) is 15.8. The molecule has 0 aliphatic heterocycles. The fraction of sp³-hybridized carbons (Fsp3) is 0.333. The van der Waals surface area contributed by atoms with Gasteiger partial charge in [0.25, 0.3) is 5.91 Å². The van der Waals surface area contributed by atoms with Gasteiger partial charge in [-0.1, -0.05) is 18.2 Å². The lowest BCUT2D eigenvalue weighted by Gasteiger charge is -2.14. The third-order valence-electron chi connectivity index (χ3n) is 3.50. The van der Waals surface area contributed by atoms with Crippen molar-refractivity contribution in [3.8, 4) is 11.8 Å². The molecule has 0 saturated heterocycles. The number of carbonyl (C=O) groups excluding carboxylic acids is 1. The van der Waals surface area contributed by atoms with Crippen molar-refractivity contribution >= 4 is 11.6 Å². The molecule has 2 rings (SSSR count). The summed E-state index contributed by atoms with van der Waals surface area (Å²) < 4.78 is 5.35. The van der Waals surface area contributed by atoms with E-state index in [4.69, 9.17) is 4.74 Å². The fourth-order valence-electron chi connectivity index (χ4n) is 2.37. The summed E-state index contributed by atoms with van der Waals surface area (Å²) in [5, 5.41) is 12.0. The Morgan fingerprint density at radius 1 is 1.41 bits per heavy atom. The predicted octanol–water partition coefficient (Wildman–Crippen LogP) is 3.83. The van der Waals surface area contributed by atoms with Crippen molar-refractivity contribution in [2.75, 3.05) is 11.9 Å². The summed E-state index contributed by atoms with van der Waals surface area (Å²) in [6.45, 7) is 2.52. The number of amides is 1. The van der Waals surface area contributed by atoms with E-state index in [1.807, 2.05) is 13.0 Å². The van der Waals surface area contributed by atoms with Gasteiger partial charge >= 0.3 is 0 Å². The number of nitriles is 1. The molecule has 0 heterocycles. The van der Waals surface area contributed by atoms with Gasteiger partial charge in [0.2, 0.25) is 0 Å². The Morgan fingerprint density at radius 2 is 2.18 bits per heavy atom. The summed E-state index contributed by atoms with van der Waals surface area (Å²) in [6, 6.07) is 9.12. The lowest BCUT2D eigenvalue weighted by Crippen LogP contribution is -2.15. The van der Waals surface area contributed by atoms with Crippen LogP contribution in [0.2, 0.25) is 0 Å². The van der Waals surface area contributed by atoms with Gasteiger partial charge < -0.3 is 10.1 Å². The molecule has 1 amide bonds. The first-order chi connectivity index (χ1) is 10.7. The summed E-state index contributed by atoms with van der Waals surface area (Å²) in [5.74, 6) is 0.664. The van der Waals surface area contributed by atoms with Gasteiger partial charge in [0, 0.05) is 5.69 Å². The molecule has 1 aromatic carbocycles. The van der Waals surface area contributed by atoms with Gasteiger partial charge in [0.05, 0.1) is 6.61 Å². The number of carbonyl (C=O) groups is 1. The summed E-state index contributed by atoms with van der Waals surface area (Å²) in [7, 11) is 0. The van der Waals surface area contributed by atoms with E-state index in [0.717, 1.165) is 25.0 Å². The molecule has 0 saturated carbocycles. The maximum atomic E-state index is 12.2. The molecule has 0 aromatic heterocycles. The van der Waals surface area contributed by atoms with Crippen LogP contribution in [0.3, 0.4) is 0 Å². The number of nitrogens with one attached hydrogen (secondary N) is 1. The Labute approximate surface area is 131 Å². The van der Waals surface area contributed by atoms with Crippen LogP contribution in [-0.2, 0) is 4.79 Å². The Bertz CT molecular complexity index is 609. The number of rotatable bonds is 5. The lowest BCUT2D eigenvalue weighted by molar-refractivity contribution is -0.112. The average molecular weight is 296 g/mol. The van der Waals surface area contributed by atoms with E-state index in [1.165, 1.54) is 0 Å². The molecular weight excluding hydrogens is 276 g/mol.